The van der Waals surface area contributed by atoms with Crippen LogP contribution in [0.3, 0.4) is 0 Å². The van der Waals surface area contributed by atoms with Gasteiger partial charge in [-0.15, -0.1) is 0 Å². The number of carbonyl (C=O) groups excluding carboxylic acids is 1. The van der Waals surface area contributed by atoms with Crippen LogP contribution in [0, 0.1) is 5.82 Å². The number of ether oxygens (including phenoxy) is 1. The molecule has 1 aromatic heterocycles. The molecule has 1 N–H and O–H groups in total. The third kappa shape index (κ3) is 6.76. The molecule has 2 heterocycles. The molecule has 0 unspecified atom stereocenters. The molecular weight excluding hydrogens is 469 g/mol. The van der Waals surface area contributed by atoms with Gasteiger partial charge < -0.3 is 14.5 Å². The summed E-state index contributed by atoms with van der Waals surface area (Å²) in [5.41, 5.74) is 0.0195. The molecule has 1 aromatic carbocycles. The standard InChI is InChI=1S/C25H36FN5O3S/c1-23(2,3)34-22(32)31-14-12-30(13-15-31)21-27-16-19(17-28-21)25(7,29-35(33)24(4,5)6)18-8-10-20(26)11-9-18/h8-11,16-17,29H,12-15H2,1-7H3/t25-,35+/m1/s1. The van der Waals surface area contributed by atoms with E-state index >= 15 is 0 Å². The first-order valence-electron chi connectivity index (χ1n) is 11.7. The molecule has 2 aromatic rings. The van der Waals surface area contributed by atoms with Crippen LogP contribution in [0.2, 0.25) is 0 Å². The first-order chi connectivity index (χ1) is 16.2. The average molecular weight is 506 g/mol. The van der Waals surface area contributed by atoms with E-state index in [2.05, 4.69) is 14.7 Å². The summed E-state index contributed by atoms with van der Waals surface area (Å²) in [6.07, 6.45) is 3.10. The second kappa shape index (κ2) is 10.2. The number of benzene rings is 1. The minimum absolute atomic E-state index is 0.318. The molecule has 8 nitrogen and oxygen atoms in total. The van der Waals surface area contributed by atoms with E-state index in [1.54, 1.807) is 29.4 Å². The van der Waals surface area contributed by atoms with Crippen molar-refractivity contribution in [3.05, 3.63) is 53.6 Å². The molecule has 192 valence electrons. The largest absolute Gasteiger partial charge is 0.444 e. The number of carbonyl (C=O) groups is 1. The SMILES string of the molecule is CC(C)(C)OC(=O)N1CCN(c2ncc([C@](C)(N[S@@](=O)C(C)(C)C)c3ccc(F)cc3)cn2)CC1. The average Bonchev–Trinajstić information content (AvgIpc) is 2.78. The molecule has 1 aliphatic rings. The van der Waals surface area contributed by atoms with E-state index in [9.17, 15) is 13.4 Å². The summed E-state index contributed by atoms with van der Waals surface area (Å²) in [6.45, 7) is 15.3. The predicted molar refractivity (Wildman–Crippen MR) is 136 cm³/mol. The highest BCUT2D eigenvalue weighted by atomic mass is 32.2. The number of anilines is 1. The first kappa shape index (κ1) is 27.0. The fraction of sp³-hybridized carbons (Fsp3) is 0.560. The lowest BCUT2D eigenvalue weighted by atomic mass is 9.87. The Morgan fingerprint density at radius 1 is 0.943 bits per heavy atom. The van der Waals surface area contributed by atoms with Crippen molar-refractivity contribution in [2.24, 2.45) is 0 Å². The van der Waals surface area contributed by atoms with Crippen molar-refractivity contribution in [2.75, 3.05) is 31.1 Å². The summed E-state index contributed by atoms with van der Waals surface area (Å²) in [4.78, 5) is 25.2. The van der Waals surface area contributed by atoms with Crippen LogP contribution < -0.4 is 9.62 Å². The number of amides is 1. The first-order valence-corrected chi connectivity index (χ1v) is 12.9. The van der Waals surface area contributed by atoms with Crippen LogP contribution in [0.1, 0.15) is 59.6 Å². The molecule has 1 saturated heterocycles. The monoisotopic (exact) mass is 505 g/mol. The zero-order valence-corrected chi connectivity index (χ0v) is 22.4. The number of hydrogen-bond acceptors (Lipinski definition) is 6. The summed E-state index contributed by atoms with van der Waals surface area (Å²) in [5.74, 6) is 0.209. The maximum Gasteiger partial charge on any atom is 0.410 e. The molecular formula is C25H36FN5O3S. The molecule has 1 fully saturated rings. The number of aromatic nitrogens is 2. The summed E-state index contributed by atoms with van der Waals surface area (Å²) in [7, 11) is -1.40. The molecule has 0 radical (unpaired) electrons. The molecule has 3 rings (SSSR count). The van der Waals surface area contributed by atoms with Crippen molar-refractivity contribution in [1.29, 1.82) is 0 Å². The second-order valence-corrected chi connectivity index (χ2v) is 12.8. The van der Waals surface area contributed by atoms with Gasteiger partial charge in [0.1, 0.15) is 11.4 Å². The quantitative estimate of drug-likeness (QED) is 0.661. The summed E-state index contributed by atoms with van der Waals surface area (Å²) in [6, 6.07) is 6.11. The van der Waals surface area contributed by atoms with E-state index in [1.165, 1.54) is 12.1 Å². The van der Waals surface area contributed by atoms with Gasteiger partial charge in [0.05, 0.1) is 21.3 Å². The second-order valence-electron chi connectivity index (χ2n) is 10.8. The fourth-order valence-electron chi connectivity index (χ4n) is 3.56. The van der Waals surface area contributed by atoms with E-state index in [1.807, 2.05) is 53.4 Å². The van der Waals surface area contributed by atoms with E-state index < -0.39 is 26.9 Å². The van der Waals surface area contributed by atoms with Gasteiger partial charge in [-0.05, 0) is 66.2 Å². The molecule has 0 aliphatic carbocycles. The zero-order valence-electron chi connectivity index (χ0n) is 21.6. The van der Waals surface area contributed by atoms with Gasteiger partial charge in [0.25, 0.3) is 0 Å². The van der Waals surface area contributed by atoms with Crippen LogP contribution in [0.25, 0.3) is 0 Å². The van der Waals surface area contributed by atoms with Gasteiger partial charge in [-0.25, -0.2) is 28.1 Å². The molecule has 0 bridgehead atoms. The maximum atomic E-state index is 13.6. The fourth-order valence-corrected chi connectivity index (χ4v) is 4.48. The van der Waals surface area contributed by atoms with Gasteiger partial charge in [-0.1, -0.05) is 12.1 Å². The Labute approximate surface area is 209 Å². The minimum atomic E-state index is -1.40. The van der Waals surface area contributed by atoms with Crippen molar-refractivity contribution < 1.29 is 18.1 Å². The third-order valence-corrected chi connectivity index (χ3v) is 7.41. The Hall–Kier alpha value is -2.59. The minimum Gasteiger partial charge on any atom is -0.444 e. The van der Waals surface area contributed by atoms with Crippen molar-refractivity contribution >= 4 is 23.0 Å². The molecule has 1 aliphatic heterocycles. The van der Waals surface area contributed by atoms with Crippen LogP contribution in [0.5, 0.6) is 0 Å². The molecule has 2 atom stereocenters. The van der Waals surface area contributed by atoms with Gasteiger partial charge in [0.15, 0.2) is 0 Å². The smallest absolute Gasteiger partial charge is 0.410 e. The predicted octanol–water partition coefficient (Wildman–Crippen LogP) is 3.99. The van der Waals surface area contributed by atoms with Crippen molar-refractivity contribution in [2.45, 2.75) is 64.4 Å². The lowest BCUT2D eigenvalue weighted by Gasteiger charge is -2.36. The van der Waals surface area contributed by atoms with E-state index in [4.69, 9.17) is 4.74 Å². The lowest BCUT2D eigenvalue weighted by molar-refractivity contribution is 0.0240. The van der Waals surface area contributed by atoms with Crippen LogP contribution in [-0.4, -0.2) is 61.7 Å². The van der Waals surface area contributed by atoms with Gasteiger partial charge in [0.2, 0.25) is 5.95 Å². The van der Waals surface area contributed by atoms with Gasteiger partial charge >= 0.3 is 6.09 Å². The Bertz CT molecular complexity index is 1040. The molecule has 10 heteroatoms. The van der Waals surface area contributed by atoms with Crippen molar-refractivity contribution in [1.82, 2.24) is 19.6 Å². The highest BCUT2D eigenvalue weighted by Gasteiger charge is 2.35. The number of halogens is 1. The molecule has 35 heavy (non-hydrogen) atoms. The Morgan fingerprint density at radius 3 is 1.97 bits per heavy atom. The van der Waals surface area contributed by atoms with Gasteiger partial charge in [-0.3, -0.25) is 0 Å². The topological polar surface area (TPSA) is 87.7 Å². The van der Waals surface area contributed by atoms with Crippen LogP contribution in [0.15, 0.2) is 36.7 Å². The highest BCUT2D eigenvalue weighted by molar-refractivity contribution is 7.84. The normalized spacial score (nSPS) is 17.6. The van der Waals surface area contributed by atoms with Crippen molar-refractivity contribution in [3.63, 3.8) is 0 Å². The summed E-state index contributed by atoms with van der Waals surface area (Å²) >= 11 is 0. The highest BCUT2D eigenvalue weighted by Crippen LogP contribution is 2.31. The van der Waals surface area contributed by atoms with E-state index in [0.717, 1.165) is 5.56 Å². The summed E-state index contributed by atoms with van der Waals surface area (Å²) < 4.78 is 34.8. The zero-order chi connectivity index (χ0) is 26.0. The van der Waals surface area contributed by atoms with Crippen LogP contribution >= 0.6 is 0 Å². The molecule has 1 amide bonds. The van der Waals surface area contributed by atoms with E-state index in [-0.39, 0.29) is 11.9 Å². The van der Waals surface area contributed by atoms with Crippen LogP contribution in [0.4, 0.5) is 15.1 Å². The number of nitrogens with one attached hydrogen (secondary N) is 1. The van der Waals surface area contributed by atoms with Crippen molar-refractivity contribution in [3.8, 4) is 0 Å². The van der Waals surface area contributed by atoms with Crippen LogP contribution in [-0.2, 0) is 21.3 Å². The molecule has 0 saturated carbocycles. The Morgan fingerprint density at radius 2 is 1.49 bits per heavy atom. The van der Waals surface area contributed by atoms with Gasteiger partial charge in [-0.2, -0.15) is 0 Å². The maximum absolute atomic E-state index is 13.6. The third-order valence-electron chi connectivity index (χ3n) is 5.70. The molecule has 0 spiro atoms. The number of piperazine rings is 1. The summed E-state index contributed by atoms with van der Waals surface area (Å²) in [5, 5.41) is 0. The Kier molecular flexibility index (Phi) is 7.86. The number of rotatable bonds is 5. The van der Waals surface area contributed by atoms with E-state index in [0.29, 0.717) is 37.7 Å². The number of nitrogens with zero attached hydrogens (tertiary/aromatic N) is 4. The van der Waals surface area contributed by atoms with Gasteiger partial charge in [0, 0.05) is 44.1 Å². The number of hydrogen-bond donors (Lipinski definition) is 1. The Balaban J connectivity index is 1.78. The lowest BCUT2D eigenvalue weighted by Crippen LogP contribution is -2.50.